The van der Waals surface area contributed by atoms with Crippen LogP contribution in [0.4, 0.5) is 0 Å². The quantitative estimate of drug-likeness (QED) is 0.252. The van der Waals surface area contributed by atoms with Crippen LogP contribution in [0.1, 0.15) is 142 Å². The van der Waals surface area contributed by atoms with Crippen molar-refractivity contribution < 1.29 is 4.74 Å². The molecule has 0 heterocycles. The molecule has 0 amide bonds. The van der Waals surface area contributed by atoms with Gasteiger partial charge in [-0.15, -0.1) is 0 Å². The predicted octanol–water partition coefficient (Wildman–Crippen LogP) is 9.09. The monoisotopic (exact) mass is 392 g/mol. The van der Waals surface area contributed by atoms with E-state index in [1.54, 1.807) is 0 Å². The lowest BCUT2D eigenvalue weighted by molar-refractivity contribution is -0.0104. The summed E-state index contributed by atoms with van der Waals surface area (Å²) < 4.78 is 6.39. The molecule has 28 heavy (non-hydrogen) atoms. The van der Waals surface area contributed by atoms with Crippen molar-refractivity contribution >= 4 is 0 Å². The van der Waals surface area contributed by atoms with Crippen LogP contribution in [0.3, 0.4) is 0 Å². The lowest BCUT2D eigenvalue weighted by Gasteiger charge is -2.32. The van der Waals surface area contributed by atoms with E-state index in [9.17, 15) is 0 Å². The topological polar surface area (TPSA) is 9.23 Å². The molecule has 2 aliphatic carbocycles. The molecule has 0 aliphatic heterocycles. The minimum atomic E-state index is 0.590. The van der Waals surface area contributed by atoms with Crippen LogP contribution in [0.15, 0.2) is 0 Å². The molecule has 0 unspecified atom stereocenters. The van der Waals surface area contributed by atoms with Gasteiger partial charge in [0.05, 0.1) is 6.10 Å². The summed E-state index contributed by atoms with van der Waals surface area (Å²) in [6.07, 6.45) is 29.4. The maximum absolute atomic E-state index is 6.39. The molecular formula is C27H52O. The summed E-state index contributed by atoms with van der Waals surface area (Å²) in [4.78, 5) is 0. The van der Waals surface area contributed by atoms with Crippen LogP contribution in [-0.2, 0) is 4.74 Å². The van der Waals surface area contributed by atoms with Gasteiger partial charge >= 0.3 is 0 Å². The van der Waals surface area contributed by atoms with Gasteiger partial charge in [0.15, 0.2) is 0 Å². The zero-order chi connectivity index (χ0) is 19.9. The minimum Gasteiger partial charge on any atom is -0.378 e. The zero-order valence-corrected chi connectivity index (χ0v) is 19.6. The first-order chi connectivity index (χ1) is 13.8. The third-order valence-corrected chi connectivity index (χ3v) is 7.76. The molecule has 2 saturated carbocycles. The highest BCUT2D eigenvalue weighted by molar-refractivity contribution is 4.76. The fraction of sp³-hybridized carbons (Fsp3) is 1.00. The average Bonchev–Trinajstić information content (AvgIpc) is 2.74. The van der Waals surface area contributed by atoms with Gasteiger partial charge in [-0.1, -0.05) is 104 Å². The third-order valence-electron chi connectivity index (χ3n) is 7.76. The molecule has 2 fully saturated rings. The molecule has 0 aromatic heterocycles. The second kappa shape index (κ2) is 15.8. The predicted molar refractivity (Wildman–Crippen MR) is 124 cm³/mol. The van der Waals surface area contributed by atoms with Gasteiger partial charge in [0.25, 0.3) is 0 Å². The summed E-state index contributed by atoms with van der Waals surface area (Å²) in [5.41, 5.74) is 0. The van der Waals surface area contributed by atoms with Crippen molar-refractivity contribution in [1.82, 2.24) is 0 Å². The smallest absolute Gasteiger partial charge is 0.0575 e. The molecule has 0 aromatic carbocycles. The molecule has 0 N–H and O–H groups in total. The molecule has 2 rings (SSSR count). The average molecular weight is 393 g/mol. The second-order valence-electron chi connectivity index (χ2n) is 10.3. The lowest BCUT2D eigenvalue weighted by Crippen LogP contribution is -2.26. The Bertz CT molecular complexity index is 302. The largest absolute Gasteiger partial charge is 0.378 e. The normalized spacial score (nSPS) is 28.5. The molecule has 0 spiro atoms. The second-order valence-corrected chi connectivity index (χ2v) is 10.3. The van der Waals surface area contributed by atoms with Gasteiger partial charge in [0.1, 0.15) is 0 Å². The summed E-state index contributed by atoms with van der Waals surface area (Å²) in [6.45, 7) is 5.68. The van der Waals surface area contributed by atoms with Crippen LogP contribution in [-0.4, -0.2) is 12.7 Å². The summed E-state index contributed by atoms with van der Waals surface area (Å²) in [5.74, 6) is 2.91. The lowest BCUT2D eigenvalue weighted by atomic mass is 9.80. The molecule has 2 aliphatic rings. The Kier molecular flexibility index (Phi) is 13.6. The van der Waals surface area contributed by atoms with Crippen LogP contribution in [0.5, 0.6) is 0 Å². The molecule has 0 atom stereocenters. The highest BCUT2D eigenvalue weighted by Gasteiger charge is 2.25. The van der Waals surface area contributed by atoms with E-state index < -0.39 is 0 Å². The van der Waals surface area contributed by atoms with E-state index in [1.165, 1.54) is 128 Å². The summed E-state index contributed by atoms with van der Waals surface area (Å²) in [7, 11) is 0. The van der Waals surface area contributed by atoms with Gasteiger partial charge in [-0.3, -0.25) is 0 Å². The first-order valence-corrected chi connectivity index (χ1v) is 13.4. The standard InChI is InChI=1S/C27H52O/c1-3-5-7-9-11-13-24-15-17-26(18-16-24)23-28-27-21-19-25(20-22-27)14-12-10-8-6-4-2/h24-27H,3-23H2,1-2H3/t24-,25-,26-,27-. The molecule has 0 aromatic rings. The van der Waals surface area contributed by atoms with Crippen molar-refractivity contribution in [2.24, 2.45) is 17.8 Å². The minimum absolute atomic E-state index is 0.590. The maximum atomic E-state index is 6.39. The van der Waals surface area contributed by atoms with Crippen molar-refractivity contribution in [2.75, 3.05) is 6.61 Å². The Balaban J connectivity index is 1.44. The van der Waals surface area contributed by atoms with Crippen molar-refractivity contribution in [3.05, 3.63) is 0 Å². The highest BCUT2D eigenvalue weighted by Crippen LogP contribution is 2.34. The van der Waals surface area contributed by atoms with Gasteiger partial charge in [0.2, 0.25) is 0 Å². The van der Waals surface area contributed by atoms with E-state index in [4.69, 9.17) is 4.74 Å². The Morgan fingerprint density at radius 3 is 1.43 bits per heavy atom. The van der Waals surface area contributed by atoms with E-state index in [1.807, 2.05) is 0 Å². The number of ether oxygens (including phenoxy) is 1. The first-order valence-electron chi connectivity index (χ1n) is 13.4. The number of unbranched alkanes of at least 4 members (excludes halogenated alkanes) is 8. The molecule has 1 heteroatoms. The summed E-state index contributed by atoms with van der Waals surface area (Å²) in [6, 6.07) is 0. The summed E-state index contributed by atoms with van der Waals surface area (Å²) >= 11 is 0. The molecule has 0 radical (unpaired) electrons. The Morgan fingerprint density at radius 1 is 0.500 bits per heavy atom. The van der Waals surface area contributed by atoms with Gasteiger partial charge in [-0.2, -0.15) is 0 Å². The molecular weight excluding hydrogens is 340 g/mol. The Labute approximate surface area is 177 Å². The Hall–Kier alpha value is -0.0400. The van der Waals surface area contributed by atoms with E-state index >= 15 is 0 Å². The van der Waals surface area contributed by atoms with Gasteiger partial charge in [0, 0.05) is 6.61 Å². The number of rotatable bonds is 15. The van der Waals surface area contributed by atoms with Crippen molar-refractivity contribution in [2.45, 2.75) is 148 Å². The van der Waals surface area contributed by atoms with Crippen LogP contribution in [0, 0.1) is 17.8 Å². The zero-order valence-electron chi connectivity index (χ0n) is 19.6. The van der Waals surface area contributed by atoms with Crippen molar-refractivity contribution in [1.29, 1.82) is 0 Å². The fourth-order valence-electron chi connectivity index (χ4n) is 5.62. The van der Waals surface area contributed by atoms with E-state index in [0.29, 0.717) is 6.10 Å². The molecule has 1 nitrogen and oxygen atoms in total. The fourth-order valence-corrected chi connectivity index (χ4v) is 5.62. The van der Waals surface area contributed by atoms with Gasteiger partial charge < -0.3 is 4.74 Å². The maximum Gasteiger partial charge on any atom is 0.0575 e. The third kappa shape index (κ3) is 10.7. The van der Waals surface area contributed by atoms with E-state index in [0.717, 1.165) is 24.4 Å². The Morgan fingerprint density at radius 2 is 0.929 bits per heavy atom. The molecule has 0 bridgehead atoms. The van der Waals surface area contributed by atoms with E-state index in [2.05, 4.69) is 13.8 Å². The number of hydrogen-bond acceptors (Lipinski definition) is 1. The van der Waals surface area contributed by atoms with Gasteiger partial charge in [-0.25, -0.2) is 0 Å². The van der Waals surface area contributed by atoms with E-state index in [-0.39, 0.29) is 0 Å². The SMILES string of the molecule is CCCCCCC[C@H]1CC[C@H](CO[C@H]2CC[C@H](CCCCCCC)CC2)CC1. The van der Waals surface area contributed by atoms with Gasteiger partial charge in [-0.05, 0) is 56.3 Å². The van der Waals surface area contributed by atoms with Crippen molar-refractivity contribution in [3.63, 3.8) is 0 Å². The molecule has 0 saturated heterocycles. The van der Waals surface area contributed by atoms with Crippen LogP contribution in [0.25, 0.3) is 0 Å². The van der Waals surface area contributed by atoms with Crippen LogP contribution < -0.4 is 0 Å². The number of hydrogen-bond donors (Lipinski definition) is 0. The van der Waals surface area contributed by atoms with Crippen molar-refractivity contribution in [3.8, 4) is 0 Å². The van der Waals surface area contributed by atoms with Crippen LogP contribution in [0.2, 0.25) is 0 Å². The van der Waals surface area contributed by atoms with Crippen LogP contribution >= 0.6 is 0 Å². The highest BCUT2D eigenvalue weighted by atomic mass is 16.5. The molecule has 166 valence electrons. The first kappa shape index (κ1) is 24.2. The summed E-state index contributed by atoms with van der Waals surface area (Å²) in [5, 5.41) is 0.